The molecule has 96 heavy (non-hydrogen) atoms. The number of carbonyl (C=O) groups is 7. The van der Waals surface area contributed by atoms with Crippen LogP contribution in [-0.2, 0) is 20.8 Å². The molecule has 9 aromatic rings. The highest BCUT2D eigenvalue weighted by atomic mass is 32.1. The van der Waals surface area contributed by atoms with E-state index in [1.165, 1.54) is 49.7 Å². The van der Waals surface area contributed by atoms with E-state index >= 15 is 4.79 Å². The monoisotopic (exact) mass is 1410 g/mol. The van der Waals surface area contributed by atoms with E-state index < -0.39 is 96.0 Å². The average Bonchev–Trinajstić information content (AvgIpc) is 1.63. The zero-order valence-electron chi connectivity index (χ0n) is 50.8. The Morgan fingerprint density at radius 1 is 0.708 bits per heavy atom. The topological polar surface area (TPSA) is 405 Å². The standard InChI is InChI=1S/C62H59N17O11S6/c1-27-43(80)20-79-49(27)60-72-42(26-95-60)57-68-38(22-92-57)47-34(16-17-35(65-47)56-70-39(24-93-56)51(83)64-32-12-10-31(11-13-32)62(88)89)55-69-40(23-91-55)52(84)66-36(19-44(63)81)58-74-46(28(2)96-58)54(86)73-48(50(82)30-6-4-3-5-7-30)59-71-41(25-94-59)53(85)67-37(61(79)87)18-29-8-14-33(15-9-29)90-21-45-75-77-78-76-45/h3-9,14-17,22-27,31-32,36-37,43,48-50,77-78,80,82H,10-13,18-21H2,1-2H3,(H2,63,81)(H,64,83)(H,66,84)(H,67,85)(H,73,86)(H,75,76)(H,88,89)/t27-,31?,32?,36-,37-,43-,48-,49-,50+/m0/s1. The number of nitrogens with two attached hydrogens (primary N) is 1. The van der Waals surface area contributed by atoms with E-state index in [0.29, 0.717) is 102 Å². The molecule has 2 fully saturated rings. The van der Waals surface area contributed by atoms with E-state index in [9.17, 15) is 44.1 Å². The molecular weight excluding hydrogens is 1350 g/mol. The van der Waals surface area contributed by atoms with Crippen LogP contribution in [0.2, 0.25) is 0 Å². The SMILES string of the molecule is Cc1sc2nc1C(=O)N[C@@H]([C@H](O)c1ccccc1)c1nc(cs1)C(=O)N[C@@H](Cc1ccc(OCC3=NNNN3)cc1)C(=O)N1C[C@H](O)[C@H](C)[C@H]1c1nc(cs1)-c1nc(cs1)-c1nc(-c3nc(C(=O)NC4CCC(C(=O)O)CC4)cs3)ccc1-c1nc(cs1)C(=O)N[C@H]2CC(N)=O. The van der Waals surface area contributed by atoms with Crippen LogP contribution in [0, 0.1) is 18.8 Å². The number of nitrogens with one attached hydrogen (secondary N) is 7. The van der Waals surface area contributed by atoms with Crippen LogP contribution in [0.4, 0.5) is 0 Å². The zero-order chi connectivity index (χ0) is 66.9. The van der Waals surface area contributed by atoms with Crippen molar-refractivity contribution in [1.29, 1.82) is 0 Å². The number of rotatable bonds is 13. The summed E-state index contributed by atoms with van der Waals surface area (Å²) in [4.78, 5) is 133. The van der Waals surface area contributed by atoms with Crippen molar-refractivity contribution in [1.82, 2.24) is 77.6 Å². The van der Waals surface area contributed by atoms with Gasteiger partial charge in [0.2, 0.25) is 11.8 Å². The van der Waals surface area contributed by atoms with E-state index in [1.807, 2.05) is 12.3 Å². The van der Waals surface area contributed by atoms with Crippen LogP contribution in [0.25, 0.3) is 43.4 Å². The molecular formula is C62H59N17O11S6. The number of aryl methyl sites for hydroxylation is 1. The van der Waals surface area contributed by atoms with Crippen molar-refractivity contribution >= 4 is 115 Å². The molecule has 7 atom stereocenters. The molecule has 13 rings (SSSR count). The number of thiazole rings is 6. The van der Waals surface area contributed by atoms with Crippen molar-refractivity contribution in [3.8, 4) is 49.1 Å². The van der Waals surface area contributed by atoms with Crippen molar-refractivity contribution in [3.05, 3.63) is 147 Å². The molecule has 0 unspecified atom stereocenters. The number of nitrogens with zero attached hydrogens (tertiary/aromatic N) is 9. The molecule has 0 radical (unpaired) electrons. The summed E-state index contributed by atoms with van der Waals surface area (Å²) < 4.78 is 5.91. The molecule has 494 valence electrons. The highest BCUT2D eigenvalue weighted by Crippen LogP contribution is 2.43. The first-order chi connectivity index (χ1) is 46.4. The maximum Gasteiger partial charge on any atom is 0.306 e. The van der Waals surface area contributed by atoms with Gasteiger partial charge in [-0.2, -0.15) is 0 Å². The van der Waals surface area contributed by atoms with Crippen molar-refractivity contribution in [2.45, 2.75) is 94.8 Å². The summed E-state index contributed by atoms with van der Waals surface area (Å²) in [6.07, 6.45) is -0.907. The average molecular weight is 1410 g/mol. The number of hydrogen-bond donors (Lipinski definition) is 11. The lowest BCUT2D eigenvalue weighted by molar-refractivity contribution is -0.143. The fraction of sp³-hybridized carbons (Fsp3) is 0.306. The van der Waals surface area contributed by atoms with E-state index in [2.05, 4.69) is 57.8 Å². The van der Waals surface area contributed by atoms with Gasteiger partial charge < -0.3 is 52.0 Å². The van der Waals surface area contributed by atoms with Crippen molar-refractivity contribution in [3.63, 3.8) is 0 Å². The molecule has 10 heterocycles. The summed E-state index contributed by atoms with van der Waals surface area (Å²) >= 11 is 6.91. The van der Waals surface area contributed by atoms with Gasteiger partial charge in [0.05, 0.1) is 36.2 Å². The van der Waals surface area contributed by atoms with Gasteiger partial charge in [0.25, 0.3) is 23.6 Å². The number of carbonyl (C=O) groups excluding carboxylic acids is 6. The lowest BCUT2D eigenvalue weighted by Gasteiger charge is -2.29. The van der Waals surface area contributed by atoms with Gasteiger partial charge >= 0.3 is 5.97 Å². The molecule has 28 nitrogen and oxygen atoms in total. The number of amides is 6. The van der Waals surface area contributed by atoms with E-state index in [0.717, 1.165) is 34.0 Å². The van der Waals surface area contributed by atoms with Crippen LogP contribution >= 0.6 is 68.0 Å². The quantitative estimate of drug-likeness (QED) is 0.0606. The normalized spacial score (nSPS) is 21.7. The smallest absolute Gasteiger partial charge is 0.306 e. The second kappa shape index (κ2) is 28.1. The number of fused-ring (bicyclic) bond motifs is 16. The Balaban J connectivity index is 0.873. The van der Waals surface area contributed by atoms with E-state index in [1.54, 1.807) is 84.4 Å². The molecule has 1 saturated carbocycles. The first-order valence-electron chi connectivity index (χ1n) is 30.2. The Hall–Kier alpha value is -9.39. The number of aromatic nitrogens is 7. The number of hydrazone groups is 1. The maximum absolute atomic E-state index is 15.4. The molecule has 3 aliphatic heterocycles. The summed E-state index contributed by atoms with van der Waals surface area (Å²) in [5, 5.41) is 59.2. The summed E-state index contributed by atoms with van der Waals surface area (Å²) in [6.45, 7) is 3.48. The third-order valence-corrected chi connectivity index (χ3v) is 22.2. The Bertz CT molecular complexity index is 4470. The first-order valence-corrected chi connectivity index (χ1v) is 35.4. The molecule has 6 amide bonds. The summed E-state index contributed by atoms with van der Waals surface area (Å²) in [5.74, 6) is -4.72. The Morgan fingerprint density at radius 2 is 1.39 bits per heavy atom. The van der Waals surface area contributed by atoms with Gasteiger partial charge in [-0.3, -0.25) is 39.0 Å². The van der Waals surface area contributed by atoms with Crippen LogP contribution in [0.5, 0.6) is 5.75 Å². The van der Waals surface area contributed by atoms with Gasteiger partial charge in [-0.15, -0.1) is 78.7 Å². The van der Waals surface area contributed by atoms with Crippen LogP contribution < -0.4 is 48.2 Å². The number of ether oxygens (including phenoxy) is 1. The number of aliphatic hydroxyl groups is 2. The number of hydrogen-bond acceptors (Lipinski definition) is 27. The van der Waals surface area contributed by atoms with Crippen LogP contribution in [0.15, 0.2) is 98.7 Å². The van der Waals surface area contributed by atoms with Gasteiger partial charge in [0, 0.05) is 62.3 Å². The molecule has 1 aliphatic carbocycles. The predicted octanol–water partition coefficient (Wildman–Crippen LogP) is 6.26. The molecule has 7 aromatic heterocycles. The number of pyridine rings is 1. The first kappa shape index (κ1) is 65.3. The second-order valence-corrected chi connectivity index (χ2v) is 28.7. The fourth-order valence-electron chi connectivity index (χ4n) is 11.6. The van der Waals surface area contributed by atoms with Crippen LogP contribution in [0.1, 0.15) is 136 Å². The molecule has 0 spiro atoms. The molecule has 34 heteroatoms. The van der Waals surface area contributed by atoms with Crippen molar-refractivity contribution in [2.75, 3.05) is 13.2 Å². The van der Waals surface area contributed by atoms with Gasteiger partial charge in [-0.05, 0) is 68.0 Å². The number of aliphatic hydroxyl groups excluding tert-OH is 2. The van der Waals surface area contributed by atoms with Gasteiger partial charge in [-0.25, -0.2) is 40.4 Å². The molecule has 12 N–H and O–H groups in total. The molecule has 2 aromatic carbocycles. The maximum atomic E-state index is 15.4. The third kappa shape index (κ3) is 14.1. The largest absolute Gasteiger partial charge is 0.486 e. The number of primary amides is 1. The minimum absolute atomic E-state index is 0.0239. The van der Waals surface area contributed by atoms with Crippen molar-refractivity contribution in [2.24, 2.45) is 22.7 Å². The van der Waals surface area contributed by atoms with Crippen LogP contribution in [-0.4, -0.2) is 134 Å². The third-order valence-electron chi connectivity index (χ3n) is 16.7. The molecule has 10 bridgehead atoms. The van der Waals surface area contributed by atoms with Gasteiger partial charge in [-0.1, -0.05) is 49.4 Å². The number of benzene rings is 2. The van der Waals surface area contributed by atoms with Crippen LogP contribution in [0.3, 0.4) is 0 Å². The van der Waals surface area contributed by atoms with Gasteiger partial charge in [0.1, 0.15) is 100 Å². The molecule has 4 aliphatic rings. The number of amidine groups is 1. The Morgan fingerprint density at radius 3 is 2.14 bits per heavy atom. The molecule has 1 saturated heterocycles. The number of aliphatic carboxylic acids is 1. The Labute approximate surface area is 569 Å². The van der Waals surface area contributed by atoms with E-state index in [4.69, 9.17) is 30.4 Å². The van der Waals surface area contributed by atoms with Crippen molar-refractivity contribution < 1.29 is 53.6 Å². The zero-order valence-corrected chi connectivity index (χ0v) is 55.6. The summed E-state index contributed by atoms with van der Waals surface area (Å²) in [6, 6.07) is 14.3. The highest BCUT2D eigenvalue weighted by Gasteiger charge is 2.46. The number of carboxylic acid groups (broad SMARTS) is 1. The summed E-state index contributed by atoms with van der Waals surface area (Å²) in [7, 11) is 0. The highest BCUT2D eigenvalue weighted by molar-refractivity contribution is 7.15. The lowest BCUT2D eigenvalue weighted by atomic mass is 9.86. The fourth-order valence-corrected chi connectivity index (χ4v) is 16.9. The number of hydrazine groups is 2. The minimum Gasteiger partial charge on any atom is -0.486 e. The van der Waals surface area contributed by atoms with Gasteiger partial charge in [0.15, 0.2) is 5.84 Å². The van der Waals surface area contributed by atoms with E-state index in [-0.39, 0.29) is 58.4 Å². The predicted molar refractivity (Wildman–Crippen MR) is 357 cm³/mol. The Kier molecular flexibility index (Phi) is 19.1. The lowest BCUT2D eigenvalue weighted by Crippen LogP contribution is -2.50. The number of carboxylic acids is 1. The summed E-state index contributed by atoms with van der Waals surface area (Å²) in [5.41, 5.74) is 16.8. The minimum atomic E-state index is -1.42. The second-order valence-electron chi connectivity index (χ2n) is 23.1.